The topological polar surface area (TPSA) is 74.2 Å². The maximum absolute atomic E-state index is 12.3. The molecule has 8 heteroatoms. The first-order chi connectivity index (χ1) is 10.9. The zero-order valence-corrected chi connectivity index (χ0v) is 15.7. The number of ether oxygens (including phenoxy) is 1. The molecule has 7 nitrogen and oxygen atoms in total. The van der Waals surface area contributed by atoms with Crippen molar-refractivity contribution in [3.63, 3.8) is 0 Å². The molecule has 0 aromatic carbocycles. The van der Waals surface area contributed by atoms with Crippen LogP contribution in [0.2, 0.25) is 0 Å². The minimum Gasteiger partial charge on any atom is -0.378 e. The van der Waals surface area contributed by atoms with E-state index in [4.69, 9.17) is 4.74 Å². The van der Waals surface area contributed by atoms with Crippen LogP contribution in [0, 0.1) is 0 Å². The van der Waals surface area contributed by atoms with Gasteiger partial charge in [0.1, 0.15) is 0 Å². The van der Waals surface area contributed by atoms with Crippen LogP contribution in [-0.2, 0) is 14.8 Å². The van der Waals surface area contributed by atoms with Gasteiger partial charge in [0, 0.05) is 39.8 Å². The molecule has 1 fully saturated rings. The van der Waals surface area contributed by atoms with Gasteiger partial charge in [-0.05, 0) is 20.3 Å². The number of rotatable bonds is 8. The third-order valence-corrected chi connectivity index (χ3v) is 5.58. The van der Waals surface area contributed by atoms with Gasteiger partial charge in [-0.15, -0.1) is 0 Å². The molecule has 0 radical (unpaired) electrons. The molecule has 0 unspecified atom stereocenters. The zero-order valence-electron chi connectivity index (χ0n) is 14.9. The lowest BCUT2D eigenvalue weighted by atomic mass is 10.3. The Labute approximate surface area is 141 Å². The number of hydrogen-bond acceptors (Lipinski definition) is 4. The maximum Gasteiger partial charge on any atom is 0.216 e. The summed E-state index contributed by atoms with van der Waals surface area (Å²) >= 11 is 0. The normalized spacial score (nSPS) is 17.8. The molecule has 0 aromatic heterocycles. The third-order valence-electron chi connectivity index (χ3n) is 3.75. The molecule has 1 aliphatic heterocycles. The highest BCUT2D eigenvalue weighted by Gasteiger charge is 2.27. The molecule has 0 aromatic rings. The highest BCUT2D eigenvalue weighted by Crippen LogP contribution is 2.09. The molecule has 1 aliphatic rings. The van der Waals surface area contributed by atoms with Gasteiger partial charge in [0.25, 0.3) is 0 Å². The van der Waals surface area contributed by atoms with Crippen LogP contribution in [0.4, 0.5) is 0 Å². The summed E-state index contributed by atoms with van der Waals surface area (Å²) in [6.07, 6.45) is 2.29. The van der Waals surface area contributed by atoms with Crippen LogP contribution in [0.25, 0.3) is 0 Å². The zero-order chi connectivity index (χ0) is 17.3. The van der Waals surface area contributed by atoms with Gasteiger partial charge in [-0.3, -0.25) is 4.99 Å². The number of unbranched alkanes of at least 4 members (excludes halogenated alkanes) is 1. The Morgan fingerprint density at radius 2 is 1.91 bits per heavy atom. The van der Waals surface area contributed by atoms with E-state index < -0.39 is 10.0 Å². The lowest BCUT2D eigenvalue weighted by Gasteiger charge is -2.35. The molecule has 0 bridgehead atoms. The molecule has 1 N–H and O–H groups in total. The number of guanidine groups is 1. The van der Waals surface area contributed by atoms with Crippen LogP contribution >= 0.6 is 0 Å². The smallest absolute Gasteiger partial charge is 0.216 e. The second-order valence-corrected chi connectivity index (χ2v) is 8.04. The Bertz CT molecular complexity index is 457. The largest absolute Gasteiger partial charge is 0.378 e. The van der Waals surface area contributed by atoms with Crippen molar-refractivity contribution in [2.75, 3.05) is 52.1 Å². The van der Waals surface area contributed by atoms with Crippen molar-refractivity contribution in [1.82, 2.24) is 14.5 Å². The summed E-state index contributed by atoms with van der Waals surface area (Å²) in [7, 11) is -1.47. The molecule has 0 atom stereocenters. The molecule has 1 heterocycles. The SMILES string of the molecule is CCCCNC(=NC)N1CCN(S(=O)(=O)CCOC(C)C)CC1. The van der Waals surface area contributed by atoms with Gasteiger partial charge >= 0.3 is 0 Å². The van der Waals surface area contributed by atoms with E-state index in [1.54, 1.807) is 11.4 Å². The van der Waals surface area contributed by atoms with Crippen molar-refractivity contribution in [2.45, 2.75) is 39.7 Å². The Balaban J connectivity index is 2.44. The van der Waals surface area contributed by atoms with Crippen molar-refractivity contribution in [3.8, 4) is 0 Å². The first-order valence-corrected chi connectivity index (χ1v) is 10.1. The fourth-order valence-electron chi connectivity index (χ4n) is 2.41. The molecule has 0 aliphatic carbocycles. The predicted molar refractivity (Wildman–Crippen MR) is 94.3 cm³/mol. The lowest BCUT2D eigenvalue weighted by molar-refractivity contribution is 0.0904. The molecular weight excluding hydrogens is 316 g/mol. The summed E-state index contributed by atoms with van der Waals surface area (Å²) in [6, 6.07) is 0. The average molecular weight is 349 g/mol. The average Bonchev–Trinajstić information content (AvgIpc) is 2.51. The van der Waals surface area contributed by atoms with E-state index in [1.807, 2.05) is 13.8 Å². The van der Waals surface area contributed by atoms with Gasteiger partial charge in [-0.25, -0.2) is 8.42 Å². The fourth-order valence-corrected chi connectivity index (χ4v) is 3.69. The van der Waals surface area contributed by atoms with E-state index in [0.717, 1.165) is 25.3 Å². The molecule has 0 amide bonds. The Morgan fingerprint density at radius 3 is 2.43 bits per heavy atom. The van der Waals surface area contributed by atoms with Crippen molar-refractivity contribution in [1.29, 1.82) is 0 Å². The van der Waals surface area contributed by atoms with Gasteiger partial charge in [0.05, 0.1) is 18.5 Å². The van der Waals surface area contributed by atoms with Crippen molar-refractivity contribution < 1.29 is 13.2 Å². The molecule has 0 spiro atoms. The lowest BCUT2D eigenvalue weighted by Crippen LogP contribution is -2.54. The summed E-state index contributed by atoms with van der Waals surface area (Å²) in [5, 5.41) is 3.33. The number of nitrogens with one attached hydrogen (secondary N) is 1. The maximum atomic E-state index is 12.3. The summed E-state index contributed by atoms with van der Waals surface area (Å²) in [5.74, 6) is 0.910. The van der Waals surface area contributed by atoms with Gasteiger partial charge in [0.15, 0.2) is 5.96 Å². The van der Waals surface area contributed by atoms with Crippen LogP contribution in [0.15, 0.2) is 4.99 Å². The van der Waals surface area contributed by atoms with Gasteiger partial charge in [0.2, 0.25) is 10.0 Å². The first kappa shape index (κ1) is 20.2. The van der Waals surface area contributed by atoms with Gasteiger partial charge < -0.3 is 15.0 Å². The standard InChI is InChI=1S/C15H32N4O3S/c1-5-6-7-17-15(16-4)18-8-10-19(11-9-18)23(20,21)13-12-22-14(2)3/h14H,5-13H2,1-4H3,(H,16,17). The molecular formula is C15H32N4O3S. The molecule has 0 saturated carbocycles. The first-order valence-electron chi connectivity index (χ1n) is 8.45. The number of aliphatic imine (C=N–C) groups is 1. The fraction of sp³-hybridized carbons (Fsp3) is 0.933. The Kier molecular flexibility index (Phi) is 8.86. The third kappa shape index (κ3) is 7.05. The number of sulfonamides is 1. The second-order valence-electron chi connectivity index (χ2n) is 5.95. The van der Waals surface area contributed by atoms with E-state index >= 15 is 0 Å². The van der Waals surface area contributed by atoms with E-state index in [-0.39, 0.29) is 18.5 Å². The monoisotopic (exact) mass is 348 g/mol. The summed E-state index contributed by atoms with van der Waals surface area (Å²) in [6.45, 7) is 9.43. The number of hydrogen-bond donors (Lipinski definition) is 1. The van der Waals surface area contributed by atoms with Gasteiger partial charge in [-0.1, -0.05) is 13.3 Å². The van der Waals surface area contributed by atoms with Crippen LogP contribution in [0.3, 0.4) is 0 Å². The minimum atomic E-state index is -3.23. The van der Waals surface area contributed by atoms with Crippen LogP contribution in [0.1, 0.15) is 33.6 Å². The van der Waals surface area contributed by atoms with E-state index in [9.17, 15) is 8.42 Å². The van der Waals surface area contributed by atoms with Gasteiger partial charge in [-0.2, -0.15) is 4.31 Å². The number of nitrogens with zero attached hydrogens (tertiary/aromatic N) is 3. The molecule has 1 saturated heterocycles. The quantitative estimate of drug-likeness (QED) is 0.398. The van der Waals surface area contributed by atoms with E-state index in [1.165, 1.54) is 0 Å². The highest BCUT2D eigenvalue weighted by atomic mass is 32.2. The summed E-state index contributed by atoms with van der Waals surface area (Å²) in [5.41, 5.74) is 0. The van der Waals surface area contributed by atoms with E-state index in [0.29, 0.717) is 26.2 Å². The van der Waals surface area contributed by atoms with Crippen LogP contribution in [-0.4, -0.2) is 81.8 Å². The second kappa shape index (κ2) is 10.1. The Morgan fingerprint density at radius 1 is 1.26 bits per heavy atom. The predicted octanol–water partition coefficient (Wildman–Crippen LogP) is 0.734. The van der Waals surface area contributed by atoms with Crippen molar-refractivity contribution in [3.05, 3.63) is 0 Å². The minimum absolute atomic E-state index is 0.0503. The van der Waals surface area contributed by atoms with E-state index in [2.05, 4.69) is 22.1 Å². The summed E-state index contributed by atoms with van der Waals surface area (Å²) in [4.78, 5) is 6.40. The molecule has 1 rings (SSSR count). The number of piperazine rings is 1. The van der Waals surface area contributed by atoms with Crippen LogP contribution < -0.4 is 5.32 Å². The van der Waals surface area contributed by atoms with Crippen molar-refractivity contribution in [2.24, 2.45) is 4.99 Å². The Hall–Kier alpha value is -0.860. The summed E-state index contributed by atoms with van der Waals surface area (Å²) < 4.78 is 31.5. The highest BCUT2D eigenvalue weighted by molar-refractivity contribution is 7.89. The van der Waals surface area contributed by atoms with Crippen LogP contribution in [0.5, 0.6) is 0 Å². The van der Waals surface area contributed by atoms with Crippen molar-refractivity contribution >= 4 is 16.0 Å². The molecule has 23 heavy (non-hydrogen) atoms. The molecule has 136 valence electrons.